The maximum Gasteiger partial charge on any atom is 0.407 e. The number of nitrogens with one attached hydrogen (secondary N) is 2. The van der Waals surface area contributed by atoms with E-state index in [1.165, 1.54) is 0 Å². The number of hydrogen-bond acceptors (Lipinski definition) is 5. The lowest BCUT2D eigenvalue weighted by atomic mass is 9.98. The molecule has 2 N–H and O–H groups in total. The Kier molecular flexibility index (Phi) is 10.8. The molecule has 0 bridgehead atoms. The second-order valence-electron chi connectivity index (χ2n) is 10.3. The summed E-state index contributed by atoms with van der Waals surface area (Å²) in [4.78, 5) is 38.6. The minimum Gasteiger partial charge on any atom is -0.459 e. The molecule has 7 nitrogen and oxygen atoms in total. The van der Waals surface area contributed by atoms with E-state index >= 15 is 0 Å². The van der Waals surface area contributed by atoms with Gasteiger partial charge in [-0.05, 0) is 34.2 Å². The van der Waals surface area contributed by atoms with E-state index in [4.69, 9.17) is 10.8 Å². The van der Waals surface area contributed by atoms with Gasteiger partial charge in [0.15, 0.2) is 0 Å². The first-order chi connectivity index (χ1) is 20.6. The van der Waals surface area contributed by atoms with Gasteiger partial charge >= 0.3 is 12.1 Å². The zero-order valence-electron chi connectivity index (χ0n) is 24.5. The van der Waals surface area contributed by atoms with Gasteiger partial charge in [-0.1, -0.05) is 118 Å². The lowest BCUT2D eigenvalue weighted by molar-refractivity contribution is -0.148. The Labute approximate surface area is 244 Å². The topological polar surface area (TPSA) is 93.7 Å². The summed E-state index contributed by atoms with van der Waals surface area (Å²) in [6.45, 7) is 1.09. The Balaban J connectivity index is 1.31. The maximum atomic E-state index is 13.0. The highest BCUT2D eigenvalue weighted by Crippen LogP contribution is 2.44. The molecule has 0 radical (unpaired) electrons. The summed E-state index contributed by atoms with van der Waals surface area (Å²) in [5, 5.41) is 5.42. The summed E-state index contributed by atoms with van der Waals surface area (Å²) in [5.41, 5.74) is 5.21. The Morgan fingerprint density at radius 2 is 1.44 bits per heavy atom. The summed E-state index contributed by atoms with van der Waals surface area (Å²) in [7, 11) is 0. The number of esters is 1. The second kappa shape index (κ2) is 15.6. The molecule has 3 aromatic rings. The summed E-state index contributed by atoms with van der Waals surface area (Å²) < 4.78 is 18.3. The minimum absolute atomic E-state index is 0.0321. The van der Waals surface area contributed by atoms with Gasteiger partial charge < -0.3 is 20.1 Å². The first-order valence-corrected chi connectivity index (χ1v) is 14.4. The van der Waals surface area contributed by atoms with Crippen molar-refractivity contribution in [3.8, 4) is 11.1 Å². The van der Waals surface area contributed by atoms with Gasteiger partial charge in [-0.25, -0.2) is 9.59 Å². The fourth-order valence-corrected chi connectivity index (χ4v) is 5.12. The Morgan fingerprint density at radius 1 is 0.805 bits per heavy atom. The van der Waals surface area contributed by atoms with Crippen molar-refractivity contribution in [2.75, 3.05) is 13.2 Å². The molecule has 1 aliphatic rings. The van der Waals surface area contributed by atoms with Gasteiger partial charge in [0.05, 0.1) is 6.42 Å². The molecule has 0 aliphatic heterocycles. The molecule has 0 spiro atoms. The van der Waals surface area contributed by atoms with Crippen LogP contribution < -0.4 is 10.6 Å². The number of carbonyl (C=O) groups excluding carboxylic acids is 3. The zero-order valence-corrected chi connectivity index (χ0v) is 23.5. The Hall–Kier alpha value is -4.13. The first-order valence-electron chi connectivity index (χ1n) is 15.2. The second-order valence-corrected chi connectivity index (χ2v) is 10.3. The normalized spacial score (nSPS) is 12.9. The molecular weight excluding hydrogens is 516 g/mol. The van der Waals surface area contributed by atoms with E-state index in [9.17, 15) is 14.4 Å². The minimum atomic E-state index is -1.19. The van der Waals surface area contributed by atoms with E-state index in [1.54, 1.807) is 0 Å². The predicted molar refractivity (Wildman–Crippen MR) is 159 cm³/mol. The van der Waals surface area contributed by atoms with Crippen molar-refractivity contribution in [3.63, 3.8) is 0 Å². The van der Waals surface area contributed by atoms with E-state index in [-0.39, 0.29) is 31.5 Å². The fraction of sp³-hybridized carbons (Fsp3) is 0.382. The predicted octanol–water partition coefficient (Wildman–Crippen LogP) is 6.50. The molecule has 0 fully saturated rings. The Bertz CT molecular complexity index is 1270. The van der Waals surface area contributed by atoms with E-state index in [0.717, 1.165) is 66.3 Å². The summed E-state index contributed by atoms with van der Waals surface area (Å²) in [5.74, 6) is -1.16. The summed E-state index contributed by atoms with van der Waals surface area (Å²) in [6.07, 6.45) is 4.92. The number of unbranched alkanes of at least 4 members (excludes halogenated alkanes) is 5. The standard InChI is InChI=1S/C34H40N2O5/c1-2-3-4-5-6-14-21-35-32(37)22-31(33(38)40-23-25-15-8-7-9-16-25)36-34(39)41-24-30-28-19-12-10-17-26(28)27-18-11-13-20-29(27)30/h7-13,15-20,30-31H,2-6,14,21-24H2,1H3,(H,35,37)(H,36,39)/t31-/m0/s1/i1D. The number of benzene rings is 3. The van der Waals surface area contributed by atoms with Crippen LogP contribution in [-0.2, 0) is 25.7 Å². The van der Waals surface area contributed by atoms with E-state index in [2.05, 4.69) is 22.8 Å². The largest absolute Gasteiger partial charge is 0.459 e. The molecule has 0 unspecified atom stereocenters. The molecule has 3 aromatic carbocycles. The SMILES string of the molecule is [2H]CCCCCCCCNC(=O)C[C@H](NC(=O)OCC1c2ccccc2-c2ccccc21)C(=O)OCc1ccccc1. The van der Waals surface area contributed by atoms with Gasteiger partial charge in [0.2, 0.25) is 5.91 Å². The van der Waals surface area contributed by atoms with Crippen molar-refractivity contribution in [3.05, 3.63) is 95.6 Å². The van der Waals surface area contributed by atoms with Gasteiger partial charge in [0.1, 0.15) is 19.3 Å². The molecule has 0 saturated carbocycles. The van der Waals surface area contributed by atoms with Crippen LogP contribution >= 0.6 is 0 Å². The van der Waals surface area contributed by atoms with E-state index in [0.29, 0.717) is 13.4 Å². The number of fused-ring (bicyclic) bond motifs is 3. The van der Waals surface area contributed by atoms with Crippen molar-refractivity contribution >= 4 is 18.0 Å². The molecule has 1 atom stereocenters. The van der Waals surface area contributed by atoms with Crippen LogP contribution in [-0.4, -0.2) is 37.2 Å². The highest BCUT2D eigenvalue weighted by Gasteiger charge is 2.30. The molecular formula is C34H40N2O5. The Morgan fingerprint density at radius 3 is 2.15 bits per heavy atom. The quantitative estimate of drug-likeness (QED) is 0.164. The van der Waals surface area contributed by atoms with Gasteiger partial charge in [0, 0.05) is 13.8 Å². The number of amides is 2. The average Bonchev–Trinajstić information content (AvgIpc) is 3.34. The number of alkyl carbamates (subject to hydrolysis) is 1. The average molecular weight is 558 g/mol. The van der Waals surface area contributed by atoms with Gasteiger partial charge in [-0.2, -0.15) is 0 Å². The van der Waals surface area contributed by atoms with Gasteiger partial charge in [-0.3, -0.25) is 4.79 Å². The van der Waals surface area contributed by atoms with Crippen molar-refractivity contribution in [2.24, 2.45) is 0 Å². The third kappa shape index (κ3) is 8.68. The molecule has 0 aromatic heterocycles. The molecule has 41 heavy (non-hydrogen) atoms. The van der Waals surface area contributed by atoms with Crippen molar-refractivity contribution < 1.29 is 25.2 Å². The summed E-state index contributed by atoms with van der Waals surface area (Å²) in [6, 6.07) is 24.1. The third-order valence-electron chi connectivity index (χ3n) is 7.28. The number of hydrogen-bond donors (Lipinski definition) is 2. The molecule has 4 rings (SSSR count). The highest BCUT2D eigenvalue weighted by atomic mass is 16.6. The van der Waals surface area contributed by atoms with Crippen LogP contribution in [0.15, 0.2) is 78.9 Å². The monoisotopic (exact) mass is 557 g/mol. The van der Waals surface area contributed by atoms with Crippen molar-refractivity contribution in [1.82, 2.24) is 10.6 Å². The van der Waals surface area contributed by atoms with E-state index in [1.807, 2.05) is 66.7 Å². The molecule has 1 aliphatic carbocycles. The van der Waals surface area contributed by atoms with Gasteiger partial charge in [0.25, 0.3) is 0 Å². The van der Waals surface area contributed by atoms with Crippen LogP contribution in [0.2, 0.25) is 0 Å². The number of rotatable bonds is 15. The fourth-order valence-electron chi connectivity index (χ4n) is 5.12. The van der Waals surface area contributed by atoms with Crippen LogP contribution in [0.5, 0.6) is 0 Å². The van der Waals surface area contributed by atoms with Gasteiger partial charge in [-0.15, -0.1) is 0 Å². The van der Waals surface area contributed by atoms with Crippen LogP contribution in [0.3, 0.4) is 0 Å². The number of carbonyl (C=O) groups is 3. The number of ether oxygens (including phenoxy) is 2. The molecule has 2 amide bonds. The molecule has 0 heterocycles. The third-order valence-corrected chi connectivity index (χ3v) is 7.28. The van der Waals surface area contributed by atoms with Crippen LogP contribution in [0.25, 0.3) is 11.1 Å². The van der Waals surface area contributed by atoms with E-state index < -0.39 is 18.1 Å². The lowest BCUT2D eigenvalue weighted by Gasteiger charge is -2.19. The smallest absolute Gasteiger partial charge is 0.407 e. The highest BCUT2D eigenvalue weighted by molar-refractivity contribution is 5.88. The first kappa shape index (κ1) is 28.4. The molecule has 7 heteroatoms. The van der Waals surface area contributed by atoms with Crippen LogP contribution in [0.4, 0.5) is 4.79 Å². The zero-order chi connectivity index (χ0) is 29.6. The lowest BCUT2D eigenvalue weighted by Crippen LogP contribution is -2.45. The van der Waals surface area contributed by atoms with Crippen LogP contribution in [0, 0.1) is 0 Å². The molecule has 216 valence electrons. The maximum absolute atomic E-state index is 13.0. The molecule has 0 saturated heterocycles. The van der Waals surface area contributed by atoms with Crippen molar-refractivity contribution in [1.29, 1.82) is 0 Å². The summed E-state index contributed by atoms with van der Waals surface area (Å²) >= 11 is 0. The van der Waals surface area contributed by atoms with Crippen LogP contribution in [0.1, 0.15) is 75.8 Å². The van der Waals surface area contributed by atoms with Crippen molar-refractivity contribution in [2.45, 2.75) is 70.4 Å².